The predicted octanol–water partition coefficient (Wildman–Crippen LogP) is 4.87. The molecule has 0 N–H and O–H groups in total. The first-order valence-electron chi connectivity index (χ1n) is 6.72. The van der Waals surface area contributed by atoms with Gasteiger partial charge >= 0.3 is 98.1 Å². The molecule has 0 saturated carbocycles. The molecular weight excluding hydrogens is 199 g/mol. The van der Waals surface area contributed by atoms with Gasteiger partial charge in [0.25, 0.3) is 0 Å². The van der Waals surface area contributed by atoms with E-state index in [0.717, 1.165) is 23.2 Å². The molecule has 0 aliphatic rings. The maximum absolute atomic E-state index is 2.47. The Kier molecular flexibility index (Phi) is 6.41. The Morgan fingerprint density at radius 2 is 0.867 bits per heavy atom. The Morgan fingerprint density at radius 1 is 0.600 bits per heavy atom. The summed E-state index contributed by atoms with van der Waals surface area (Å²) < 4.78 is 0. The van der Waals surface area contributed by atoms with Gasteiger partial charge in [-0.25, -0.2) is 0 Å². The van der Waals surface area contributed by atoms with E-state index in [-0.39, 0.29) is 0 Å². The Balaban J connectivity index is 4.90. The number of rotatable bonds is 6. The van der Waals surface area contributed by atoms with Crippen LogP contribution in [-0.4, -0.2) is 23.6 Å². The van der Waals surface area contributed by atoms with E-state index >= 15 is 0 Å². The van der Waals surface area contributed by atoms with Gasteiger partial charge < -0.3 is 0 Å². The molecule has 0 amide bonds. The number of hydrogen-bond donors (Lipinski definition) is 0. The zero-order valence-corrected chi connectivity index (χ0v) is 13.2. The van der Waals surface area contributed by atoms with E-state index in [1.54, 1.807) is 0 Å². The van der Waals surface area contributed by atoms with Gasteiger partial charge in [0.2, 0.25) is 0 Å². The molecule has 0 bridgehead atoms. The van der Waals surface area contributed by atoms with E-state index in [2.05, 4.69) is 55.4 Å². The third-order valence-electron chi connectivity index (χ3n) is 3.88. The van der Waals surface area contributed by atoms with Crippen LogP contribution in [0.4, 0.5) is 0 Å². The summed E-state index contributed by atoms with van der Waals surface area (Å²) in [7, 11) is -1.08. The van der Waals surface area contributed by atoms with Crippen LogP contribution in [0.2, 0.25) is 0 Å². The molecule has 0 aliphatic heterocycles. The van der Waals surface area contributed by atoms with E-state index in [9.17, 15) is 0 Å². The SMILES string of the molecule is CC(C)C[PH](CC(C)C)(C(C)C)C(C)C. The maximum atomic E-state index is 2.47. The molecule has 15 heavy (non-hydrogen) atoms. The fraction of sp³-hybridized carbons (Fsp3) is 1.00. The van der Waals surface area contributed by atoms with Crippen LogP contribution >= 0.6 is 7.26 Å². The van der Waals surface area contributed by atoms with Crippen LogP contribution < -0.4 is 0 Å². The zero-order valence-electron chi connectivity index (χ0n) is 12.2. The molecular formula is C14H33P. The summed E-state index contributed by atoms with van der Waals surface area (Å²) in [5, 5.41) is 0. The standard InChI is InChI=1S/C14H33P/c1-11(2)9-15(13(5)6,14(7)8)10-12(3)4/h11-15H,9-10H2,1-8H3. The molecule has 0 nitrogen and oxygen atoms in total. The first-order chi connectivity index (χ1) is 6.72. The average molecular weight is 232 g/mol. The van der Waals surface area contributed by atoms with Crippen molar-refractivity contribution in [2.24, 2.45) is 11.8 Å². The fourth-order valence-corrected chi connectivity index (χ4v) is 9.64. The molecule has 0 aromatic rings. The van der Waals surface area contributed by atoms with Crippen LogP contribution in [0.5, 0.6) is 0 Å². The molecule has 0 aromatic carbocycles. The van der Waals surface area contributed by atoms with E-state index < -0.39 is 7.26 Å². The van der Waals surface area contributed by atoms with Gasteiger partial charge in [0.15, 0.2) is 0 Å². The van der Waals surface area contributed by atoms with Crippen LogP contribution in [0.15, 0.2) is 0 Å². The third-order valence-corrected chi connectivity index (χ3v) is 11.6. The third kappa shape index (κ3) is 4.43. The van der Waals surface area contributed by atoms with Gasteiger partial charge in [-0.05, 0) is 0 Å². The molecule has 94 valence electrons. The molecule has 1 heteroatoms. The monoisotopic (exact) mass is 232 g/mol. The van der Waals surface area contributed by atoms with Gasteiger partial charge in [0, 0.05) is 0 Å². The van der Waals surface area contributed by atoms with Gasteiger partial charge in [-0.1, -0.05) is 0 Å². The Morgan fingerprint density at radius 3 is 1.00 bits per heavy atom. The van der Waals surface area contributed by atoms with Crippen molar-refractivity contribution in [3.05, 3.63) is 0 Å². The van der Waals surface area contributed by atoms with Gasteiger partial charge in [-0.2, -0.15) is 0 Å². The van der Waals surface area contributed by atoms with Crippen LogP contribution in [0, 0.1) is 11.8 Å². The number of hydrogen-bond acceptors (Lipinski definition) is 0. The van der Waals surface area contributed by atoms with Crippen molar-refractivity contribution in [1.29, 1.82) is 0 Å². The summed E-state index contributed by atoms with van der Waals surface area (Å²) in [6.45, 7) is 19.5. The van der Waals surface area contributed by atoms with Gasteiger partial charge in [-0.3, -0.25) is 0 Å². The fourth-order valence-electron chi connectivity index (χ4n) is 3.21. The molecule has 0 aromatic heterocycles. The van der Waals surface area contributed by atoms with Gasteiger partial charge in [0.1, 0.15) is 0 Å². The minimum absolute atomic E-state index is 0.875. The van der Waals surface area contributed by atoms with Crippen LogP contribution in [0.1, 0.15) is 55.4 Å². The topological polar surface area (TPSA) is 0 Å². The summed E-state index contributed by atoms with van der Waals surface area (Å²) in [6, 6.07) is 0. The van der Waals surface area contributed by atoms with Crippen molar-refractivity contribution in [3.63, 3.8) is 0 Å². The molecule has 0 heterocycles. The second-order valence-electron chi connectivity index (χ2n) is 6.74. The van der Waals surface area contributed by atoms with E-state index in [1.807, 2.05) is 0 Å². The second-order valence-corrected chi connectivity index (χ2v) is 12.3. The molecule has 0 unspecified atom stereocenters. The van der Waals surface area contributed by atoms with Crippen LogP contribution in [0.3, 0.4) is 0 Å². The van der Waals surface area contributed by atoms with Crippen molar-refractivity contribution in [3.8, 4) is 0 Å². The zero-order chi connectivity index (χ0) is 12.2. The molecule has 0 fully saturated rings. The summed E-state index contributed by atoms with van der Waals surface area (Å²) in [6.07, 6.45) is 3.03. The van der Waals surface area contributed by atoms with Crippen molar-refractivity contribution in [1.82, 2.24) is 0 Å². The molecule has 0 spiro atoms. The van der Waals surface area contributed by atoms with Crippen LogP contribution in [-0.2, 0) is 0 Å². The van der Waals surface area contributed by atoms with Gasteiger partial charge in [-0.15, -0.1) is 0 Å². The Hall–Kier alpha value is 0.430. The summed E-state index contributed by atoms with van der Waals surface area (Å²) >= 11 is 0. The quantitative estimate of drug-likeness (QED) is 0.573. The molecule has 0 saturated heterocycles. The first-order valence-corrected chi connectivity index (χ1v) is 9.29. The summed E-state index contributed by atoms with van der Waals surface area (Å²) in [5.41, 5.74) is 1.87. The molecule has 0 radical (unpaired) electrons. The van der Waals surface area contributed by atoms with Crippen molar-refractivity contribution in [2.75, 3.05) is 12.3 Å². The Labute approximate surface area is 98.6 Å². The first kappa shape index (κ1) is 15.4. The minimum atomic E-state index is -1.08. The summed E-state index contributed by atoms with van der Waals surface area (Å²) in [4.78, 5) is 0. The van der Waals surface area contributed by atoms with E-state index in [1.165, 1.54) is 12.3 Å². The van der Waals surface area contributed by atoms with Gasteiger partial charge in [0.05, 0.1) is 0 Å². The Bertz CT molecular complexity index is 148. The van der Waals surface area contributed by atoms with E-state index in [0.29, 0.717) is 0 Å². The molecule has 0 aliphatic carbocycles. The van der Waals surface area contributed by atoms with Crippen LogP contribution in [0.25, 0.3) is 0 Å². The van der Waals surface area contributed by atoms with Crippen molar-refractivity contribution < 1.29 is 0 Å². The predicted molar refractivity (Wildman–Crippen MR) is 78.0 cm³/mol. The average Bonchev–Trinajstić information content (AvgIpc) is 1.99. The second kappa shape index (κ2) is 6.24. The van der Waals surface area contributed by atoms with E-state index in [4.69, 9.17) is 0 Å². The normalized spacial score (nSPS) is 14.7. The van der Waals surface area contributed by atoms with Crippen molar-refractivity contribution >= 4 is 7.26 Å². The van der Waals surface area contributed by atoms with Crippen molar-refractivity contribution in [2.45, 2.75) is 66.7 Å². The summed E-state index contributed by atoms with van der Waals surface area (Å²) in [5.74, 6) is 1.75. The molecule has 0 rings (SSSR count). The molecule has 0 atom stereocenters.